The molecule has 0 aromatic heterocycles. The second-order valence-electron chi connectivity index (χ2n) is 3.74. The van der Waals surface area contributed by atoms with Gasteiger partial charge in [0.2, 0.25) is 0 Å². The molecule has 0 aliphatic carbocycles. The summed E-state index contributed by atoms with van der Waals surface area (Å²) < 4.78 is 10.0. The molecule has 108 valence electrons. The van der Waals surface area contributed by atoms with Crippen LogP contribution >= 0.6 is 0 Å². The molecule has 0 aliphatic rings. The van der Waals surface area contributed by atoms with Crippen LogP contribution in [0.2, 0.25) is 0 Å². The van der Waals surface area contributed by atoms with Crippen molar-refractivity contribution in [3.63, 3.8) is 0 Å². The van der Waals surface area contributed by atoms with E-state index in [1.165, 1.54) is 13.2 Å². The standard InChI is InChI=1S/C15H19NO4/c1-4-10-19-13-8-6-12(7-9-13)14(16-20-5-2)11-15(17)18-3/h4,6-9,11,16H,1,5,10H2,2-3H3. The summed E-state index contributed by atoms with van der Waals surface area (Å²) >= 11 is 0. The zero-order valence-electron chi connectivity index (χ0n) is 11.7. The fraction of sp³-hybridized carbons (Fsp3) is 0.267. The number of hydrogen-bond acceptors (Lipinski definition) is 5. The Morgan fingerprint density at radius 3 is 2.60 bits per heavy atom. The molecular weight excluding hydrogens is 258 g/mol. The van der Waals surface area contributed by atoms with Crippen LogP contribution in [-0.2, 0) is 14.4 Å². The molecule has 0 heterocycles. The molecular formula is C15H19NO4. The summed E-state index contributed by atoms with van der Waals surface area (Å²) in [5.41, 5.74) is 4.03. The van der Waals surface area contributed by atoms with E-state index >= 15 is 0 Å². The minimum absolute atomic E-state index is 0.446. The van der Waals surface area contributed by atoms with Crippen LogP contribution in [0.1, 0.15) is 12.5 Å². The summed E-state index contributed by atoms with van der Waals surface area (Å²) in [7, 11) is 1.32. The molecule has 1 aromatic rings. The van der Waals surface area contributed by atoms with Gasteiger partial charge in [-0.2, -0.15) is 0 Å². The number of benzene rings is 1. The van der Waals surface area contributed by atoms with Gasteiger partial charge < -0.3 is 9.47 Å². The fourth-order valence-electron chi connectivity index (χ4n) is 1.38. The van der Waals surface area contributed by atoms with E-state index in [0.29, 0.717) is 18.9 Å². The topological polar surface area (TPSA) is 56.8 Å². The molecule has 0 amide bonds. The quantitative estimate of drug-likeness (QED) is 0.342. The molecule has 5 heteroatoms. The summed E-state index contributed by atoms with van der Waals surface area (Å²) in [5, 5.41) is 0. The third-order valence-corrected chi connectivity index (χ3v) is 2.32. The monoisotopic (exact) mass is 277 g/mol. The lowest BCUT2D eigenvalue weighted by molar-refractivity contribution is -0.134. The normalized spacial score (nSPS) is 10.8. The van der Waals surface area contributed by atoms with Crippen molar-refractivity contribution >= 4 is 11.7 Å². The number of ether oxygens (including phenoxy) is 2. The molecule has 1 rings (SSSR count). The van der Waals surface area contributed by atoms with E-state index in [2.05, 4.69) is 16.8 Å². The number of carbonyl (C=O) groups is 1. The van der Waals surface area contributed by atoms with E-state index in [0.717, 1.165) is 11.3 Å². The Morgan fingerprint density at radius 1 is 1.35 bits per heavy atom. The van der Waals surface area contributed by atoms with E-state index in [1.807, 2.05) is 19.1 Å². The van der Waals surface area contributed by atoms with Gasteiger partial charge in [-0.25, -0.2) is 4.79 Å². The zero-order valence-corrected chi connectivity index (χ0v) is 11.7. The molecule has 0 saturated carbocycles. The molecule has 0 fully saturated rings. The molecule has 0 unspecified atom stereocenters. The molecule has 0 aliphatic heterocycles. The van der Waals surface area contributed by atoms with Gasteiger partial charge in [-0.05, 0) is 31.2 Å². The molecule has 0 atom stereocenters. The van der Waals surface area contributed by atoms with Crippen LogP contribution < -0.4 is 10.2 Å². The third-order valence-electron chi connectivity index (χ3n) is 2.32. The van der Waals surface area contributed by atoms with Gasteiger partial charge in [-0.3, -0.25) is 10.3 Å². The van der Waals surface area contributed by atoms with Gasteiger partial charge in [0.05, 0.1) is 19.4 Å². The van der Waals surface area contributed by atoms with Gasteiger partial charge in [-0.1, -0.05) is 12.7 Å². The summed E-state index contributed by atoms with van der Waals surface area (Å²) in [4.78, 5) is 16.5. The first-order valence-corrected chi connectivity index (χ1v) is 6.22. The van der Waals surface area contributed by atoms with Crippen LogP contribution in [0.4, 0.5) is 0 Å². The van der Waals surface area contributed by atoms with Gasteiger partial charge >= 0.3 is 5.97 Å². The molecule has 0 bridgehead atoms. The number of rotatable bonds is 8. The highest BCUT2D eigenvalue weighted by molar-refractivity contribution is 5.90. The molecule has 0 spiro atoms. The predicted molar refractivity (Wildman–Crippen MR) is 76.9 cm³/mol. The van der Waals surface area contributed by atoms with E-state index in [1.54, 1.807) is 18.2 Å². The second kappa shape index (κ2) is 8.77. The first-order valence-electron chi connectivity index (χ1n) is 6.22. The minimum Gasteiger partial charge on any atom is -0.490 e. The predicted octanol–water partition coefficient (Wildman–Crippen LogP) is 2.31. The lowest BCUT2D eigenvalue weighted by Crippen LogP contribution is -2.14. The van der Waals surface area contributed by atoms with Crippen molar-refractivity contribution in [1.29, 1.82) is 0 Å². The average Bonchev–Trinajstić information content (AvgIpc) is 2.49. The highest BCUT2D eigenvalue weighted by Crippen LogP contribution is 2.17. The minimum atomic E-state index is -0.459. The zero-order chi connectivity index (χ0) is 14.8. The first kappa shape index (κ1) is 15.8. The number of esters is 1. The molecule has 1 N–H and O–H groups in total. The summed E-state index contributed by atoms with van der Waals surface area (Å²) in [6, 6.07) is 7.24. The van der Waals surface area contributed by atoms with Crippen LogP contribution in [-0.4, -0.2) is 26.3 Å². The lowest BCUT2D eigenvalue weighted by atomic mass is 10.1. The Morgan fingerprint density at radius 2 is 2.05 bits per heavy atom. The Bertz CT molecular complexity index is 465. The van der Waals surface area contributed by atoms with Gasteiger partial charge in [0.25, 0.3) is 0 Å². The van der Waals surface area contributed by atoms with Crippen molar-refractivity contribution in [2.24, 2.45) is 0 Å². The molecule has 0 radical (unpaired) electrons. The molecule has 20 heavy (non-hydrogen) atoms. The van der Waals surface area contributed by atoms with E-state index in [4.69, 9.17) is 9.57 Å². The first-order chi connectivity index (χ1) is 9.71. The highest BCUT2D eigenvalue weighted by atomic mass is 16.6. The number of methoxy groups -OCH3 is 1. The number of nitrogens with one attached hydrogen (secondary N) is 1. The summed E-state index contributed by atoms with van der Waals surface area (Å²) in [6.07, 6.45) is 3.00. The van der Waals surface area contributed by atoms with Crippen LogP contribution in [0.15, 0.2) is 43.0 Å². The summed E-state index contributed by atoms with van der Waals surface area (Å²) in [6.45, 7) is 6.34. The Labute approximate surface area is 118 Å². The van der Waals surface area contributed by atoms with Crippen LogP contribution in [0.3, 0.4) is 0 Å². The van der Waals surface area contributed by atoms with Gasteiger partial charge in [0, 0.05) is 11.6 Å². The highest BCUT2D eigenvalue weighted by Gasteiger charge is 2.05. The van der Waals surface area contributed by atoms with Crippen LogP contribution in [0.25, 0.3) is 5.70 Å². The van der Waals surface area contributed by atoms with Crippen LogP contribution in [0.5, 0.6) is 5.75 Å². The Hall–Kier alpha value is -2.27. The number of carbonyl (C=O) groups excluding carboxylic acids is 1. The molecule has 1 aromatic carbocycles. The van der Waals surface area contributed by atoms with Crippen molar-refractivity contribution < 1.29 is 19.1 Å². The van der Waals surface area contributed by atoms with Crippen molar-refractivity contribution in [1.82, 2.24) is 5.48 Å². The Balaban J connectivity index is 2.87. The maximum absolute atomic E-state index is 11.3. The van der Waals surface area contributed by atoms with Crippen molar-refractivity contribution in [2.45, 2.75) is 6.92 Å². The van der Waals surface area contributed by atoms with E-state index in [9.17, 15) is 4.79 Å². The molecule has 5 nitrogen and oxygen atoms in total. The summed E-state index contributed by atoms with van der Waals surface area (Å²) in [5.74, 6) is 0.265. The Kier molecular flexibility index (Phi) is 6.92. The smallest absolute Gasteiger partial charge is 0.332 e. The maximum atomic E-state index is 11.3. The SMILES string of the molecule is C=CCOc1ccc(C(=CC(=O)OC)NOCC)cc1. The van der Waals surface area contributed by atoms with E-state index in [-0.39, 0.29) is 0 Å². The number of hydroxylamine groups is 1. The lowest BCUT2D eigenvalue weighted by Gasteiger charge is -2.11. The van der Waals surface area contributed by atoms with Crippen molar-refractivity contribution in [3.05, 3.63) is 48.6 Å². The largest absolute Gasteiger partial charge is 0.490 e. The van der Waals surface area contributed by atoms with E-state index < -0.39 is 5.97 Å². The van der Waals surface area contributed by atoms with Gasteiger partial charge in [-0.15, -0.1) is 0 Å². The van der Waals surface area contributed by atoms with Crippen molar-refractivity contribution in [3.8, 4) is 5.75 Å². The molecule has 0 saturated heterocycles. The number of hydrogen-bond donors (Lipinski definition) is 1. The maximum Gasteiger partial charge on any atom is 0.332 e. The van der Waals surface area contributed by atoms with Gasteiger partial charge in [0.15, 0.2) is 0 Å². The second-order valence-corrected chi connectivity index (χ2v) is 3.74. The van der Waals surface area contributed by atoms with Crippen molar-refractivity contribution in [2.75, 3.05) is 20.3 Å². The average molecular weight is 277 g/mol. The van der Waals surface area contributed by atoms with Gasteiger partial charge in [0.1, 0.15) is 12.4 Å². The van der Waals surface area contributed by atoms with Crippen LogP contribution in [0, 0.1) is 0 Å². The fourth-order valence-corrected chi connectivity index (χ4v) is 1.38. The third kappa shape index (κ3) is 5.16.